The zero-order valence-corrected chi connectivity index (χ0v) is 11.6. The number of urea groups is 1. The van der Waals surface area contributed by atoms with E-state index in [2.05, 4.69) is 9.80 Å². The molecule has 2 amide bonds. The molecule has 100 valence electrons. The van der Waals surface area contributed by atoms with Gasteiger partial charge < -0.3 is 19.6 Å². The van der Waals surface area contributed by atoms with Crippen LogP contribution in [0, 0.1) is 0 Å². The summed E-state index contributed by atoms with van der Waals surface area (Å²) in [4.78, 5) is 20.3. The average Bonchev–Trinajstić information content (AvgIpc) is 2.25. The lowest BCUT2D eigenvalue weighted by Crippen LogP contribution is -2.52. The van der Waals surface area contributed by atoms with Gasteiger partial charge in [0.25, 0.3) is 0 Å². The summed E-state index contributed by atoms with van der Waals surface area (Å²) in [6.07, 6.45) is 1.09. The lowest BCUT2D eigenvalue weighted by Gasteiger charge is -2.36. The van der Waals surface area contributed by atoms with E-state index in [0.717, 1.165) is 45.7 Å². The van der Waals surface area contributed by atoms with Gasteiger partial charge in [-0.1, -0.05) is 0 Å². The van der Waals surface area contributed by atoms with Crippen LogP contribution in [-0.2, 0) is 0 Å². The first kappa shape index (κ1) is 14.3. The van der Waals surface area contributed by atoms with Crippen LogP contribution in [0.4, 0.5) is 4.79 Å². The Labute approximate surface area is 105 Å². The van der Waals surface area contributed by atoms with Crippen molar-refractivity contribution in [1.29, 1.82) is 0 Å². The van der Waals surface area contributed by atoms with Crippen molar-refractivity contribution in [2.75, 3.05) is 67.5 Å². The highest BCUT2D eigenvalue weighted by molar-refractivity contribution is 5.75. The summed E-state index contributed by atoms with van der Waals surface area (Å²) in [5, 5.41) is 0. The van der Waals surface area contributed by atoms with Crippen molar-refractivity contribution >= 4 is 6.03 Å². The van der Waals surface area contributed by atoms with Crippen LogP contribution in [-0.4, -0.2) is 93.1 Å². The van der Waals surface area contributed by atoms with Gasteiger partial charge in [0.05, 0.1) is 0 Å². The molecule has 1 fully saturated rings. The Morgan fingerprint density at radius 1 is 0.941 bits per heavy atom. The molecular weight excluding hydrogens is 216 g/mol. The number of hydrogen-bond acceptors (Lipinski definition) is 3. The van der Waals surface area contributed by atoms with Crippen LogP contribution in [0.15, 0.2) is 0 Å². The van der Waals surface area contributed by atoms with Crippen molar-refractivity contribution in [2.24, 2.45) is 0 Å². The van der Waals surface area contributed by atoms with Crippen molar-refractivity contribution in [3.63, 3.8) is 0 Å². The van der Waals surface area contributed by atoms with E-state index in [-0.39, 0.29) is 6.03 Å². The van der Waals surface area contributed by atoms with Crippen LogP contribution in [0.3, 0.4) is 0 Å². The fourth-order valence-corrected chi connectivity index (χ4v) is 1.90. The zero-order valence-electron chi connectivity index (χ0n) is 11.6. The monoisotopic (exact) mass is 242 g/mol. The van der Waals surface area contributed by atoms with Gasteiger partial charge in [0.1, 0.15) is 0 Å². The molecule has 1 rings (SSSR count). The molecule has 0 aromatic carbocycles. The van der Waals surface area contributed by atoms with Crippen molar-refractivity contribution in [3.05, 3.63) is 0 Å². The highest BCUT2D eigenvalue weighted by Crippen LogP contribution is 2.08. The average molecular weight is 242 g/mol. The van der Waals surface area contributed by atoms with E-state index in [1.807, 2.05) is 38.0 Å². The van der Waals surface area contributed by atoms with E-state index < -0.39 is 0 Å². The largest absolute Gasteiger partial charge is 0.323 e. The summed E-state index contributed by atoms with van der Waals surface area (Å²) >= 11 is 0. The van der Waals surface area contributed by atoms with E-state index >= 15 is 0 Å². The molecule has 1 saturated heterocycles. The molecule has 0 saturated carbocycles. The molecule has 5 heteroatoms. The van der Waals surface area contributed by atoms with Gasteiger partial charge in [-0.25, -0.2) is 4.79 Å². The van der Waals surface area contributed by atoms with Crippen LogP contribution in [0.25, 0.3) is 0 Å². The molecule has 0 N–H and O–H groups in total. The third-order valence-corrected chi connectivity index (χ3v) is 3.03. The van der Waals surface area contributed by atoms with Gasteiger partial charge in [-0.3, -0.25) is 0 Å². The fourth-order valence-electron chi connectivity index (χ4n) is 1.90. The Kier molecular flexibility index (Phi) is 5.71. The lowest BCUT2D eigenvalue weighted by atomic mass is 10.3. The zero-order chi connectivity index (χ0) is 12.8. The second-order valence-electron chi connectivity index (χ2n) is 5.22. The normalized spacial score (nSPS) is 17.4. The van der Waals surface area contributed by atoms with Crippen molar-refractivity contribution < 1.29 is 4.79 Å². The number of nitrogens with zero attached hydrogens (tertiary/aromatic N) is 4. The number of carbonyl (C=O) groups excluding carboxylic acids is 1. The number of carbonyl (C=O) groups is 1. The summed E-state index contributed by atoms with van der Waals surface area (Å²) in [5.41, 5.74) is 0. The van der Waals surface area contributed by atoms with E-state index in [9.17, 15) is 4.79 Å². The lowest BCUT2D eigenvalue weighted by molar-refractivity contribution is 0.122. The molecule has 1 heterocycles. The van der Waals surface area contributed by atoms with Gasteiger partial charge in [0.15, 0.2) is 0 Å². The van der Waals surface area contributed by atoms with Crippen LogP contribution in [0.5, 0.6) is 0 Å². The second kappa shape index (κ2) is 6.81. The van der Waals surface area contributed by atoms with Gasteiger partial charge in [0.2, 0.25) is 0 Å². The van der Waals surface area contributed by atoms with Crippen LogP contribution in [0.1, 0.15) is 6.42 Å². The van der Waals surface area contributed by atoms with Crippen LogP contribution < -0.4 is 0 Å². The molecule has 5 nitrogen and oxygen atoms in total. The summed E-state index contributed by atoms with van der Waals surface area (Å²) in [6, 6.07) is 0.208. The Morgan fingerprint density at radius 3 is 1.71 bits per heavy atom. The highest BCUT2D eigenvalue weighted by Gasteiger charge is 2.24. The molecule has 0 bridgehead atoms. The molecule has 0 spiro atoms. The van der Waals surface area contributed by atoms with E-state index in [1.165, 1.54) is 0 Å². The third kappa shape index (κ3) is 4.91. The van der Waals surface area contributed by atoms with Crippen molar-refractivity contribution in [2.45, 2.75) is 6.42 Å². The van der Waals surface area contributed by atoms with E-state index in [1.54, 1.807) is 0 Å². The maximum absolute atomic E-state index is 12.2. The summed E-state index contributed by atoms with van der Waals surface area (Å²) in [7, 11) is 8.16. The maximum atomic E-state index is 12.2. The van der Waals surface area contributed by atoms with Crippen molar-refractivity contribution in [3.8, 4) is 0 Å². The highest BCUT2D eigenvalue weighted by atomic mass is 16.2. The molecule has 0 aromatic rings. The smallest absolute Gasteiger partial charge is 0.320 e. The van der Waals surface area contributed by atoms with Crippen molar-refractivity contribution in [1.82, 2.24) is 19.6 Å². The fraction of sp³-hybridized carbons (Fsp3) is 0.917. The van der Waals surface area contributed by atoms with Gasteiger partial charge >= 0.3 is 6.03 Å². The molecule has 17 heavy (non-hydrogen) atoms. The van der Waals surface area contributed by atoms with Crippen LogP contribution in [0.2, 0.25) is 0 Å². The Hall–Kier alpha value is -0.810. The summed E-state index contributed by atoms with van der Waals surface area (Å²) < 4.78 is 0. The SMILES string of the molecule is CN(C)CCN1CCCN(CCN(C)C)C1=O. The van der Waals surface area contributed by atoms with E-state index in [0.29, 0.717) is 0 Å². The minimum absolute atomic E-state index is 0.208. The number of amides is 2. The second-order valence-corrected chi connectivity index (χ2v) is 5.22. The topological polar surface area (TPSA) is 30.0 Å². The molecule has 1 aliphatic rings. The predicted octanol–water partition coefficient (Wildman–Crippen LogP) is 0.237. The van der Waals surface area contributed by atoms with Gasteiger partial charge in [-0.05, 0) is 34.6 Å². The molecule has 1 aliphatic heterocycles. The molecule has 0 radical (unpaired) electrons. The van der Waals surface area contributed by atoms with Gasteiger partial charge in [0, 0.05) is 39.3 Å². The molecule has 0 atom stereocenters. The summed E-state index contributed by atoms with van der Waals surface area (Å²) in [6.45, 7) is 5.37. The third-order valence-electron chi connectivity index (χ3n) is 3.03. The minimum Gasteiger partial charge on any atom is -0.323 e. The number of hydrogen-bond donors (Lipinski definition) is 0. The quantitative estimate of drug-likeness (QED) is 0.668. The first-order valence-corrected chi connectivity index (χ1v) is 6.34. The van der Waals surface area contributed by atoms with Crippen LogP contribution >= 0.6 is 0 Å². The van der Waals surface area contributed by atoms with E-state index in [4.69, 9.17) is 0 Å². The standard InChI is InChI=1S/C12H26N4O/c1-13(2)8-10-15-6-5-7-16(12(15)17)11-9-14(3)4/h5-11H2,1-4H3. The Balaban J connectivity index is 2.39. The first-order valence-electron chi connectivity index (χ1n) is 6.34. The number of likely N-dealkylation sites (N-methyl/N-ethyl adjacent to an activating group) is 2. The Morgan fingerprint density at radius 2 is 1.35 bits per heavy atom. The number of rotatable bonds is 6. The van der Waals surface area contributed by atoms with Gasteiger partial charge in [-0.15, -0.1) is 0 Å². The minimum atomic E-state index is 0.208. The first-order chi connectivity index (χ1) is 8.00. The molecule has 0 aliphatic carbocycles. The molecule has 0 unspecified atom stereocenters. The summed E-state index contributed by atoms with van der Waals surface area (Å²) in [5.74, 6) is 0. The van der Waals surface area contributed by atoms with Gasteiger partial charge in [-0.2, -0.15) is 0 Å². The molecule has 0 aromatic heterocycles. The maximum Gasteiger partial charge on any atom is 0.320 e. The predicted molar refractivity (Wildman–Crippen MR) is 70.3 cm³/mol. The molecular formula is C12H26N4O. The Bertz CT molecular complexity index is 221.